The van der Waals surface area contributed by atoms with Crippen LogP contribution in [0.1, 0.15) is 32.3 Å². The van der Waals surface area contributed by atoms with E-state index < -0.39 is 40.4 Å². The first-order chi connectivity index (χ1) is 15.3. The Kier molecular flexibility index (Phi) is 11.1. The molecule has 0 saturated heterocycles. The van der Waals surface area contributed by atoms with E-state index in [1.807, 2.05) is 13.8 Å². The largest absolute Gasteiger partial charge is 0.481 e. The van der Waals surface area contributed by atoms with Crippen LogP contribution in [0.2, 0.25) is 0 Å². The molecule has 0 saturated carbocycles. The van der Waals surface area contributed by atoms with Crippen molar-refractivity contribution in [1.29, 1.82) is 0 Å². The van der Waals surface area contributed by atoms with Gasteiger partial charge in [0.15, 0.2) is 0 Å². The van der Waals surface area contributed by atoms with Gasteiger partial charge < -0.3 is 15.3 Å². The lowest BCUT2D eigenvalue weighted by atomic mass is 10.1. The van der Waals surface area contributed by atoms with E-state index >= 15 is 0 Å². The monoisotopic (exact) mass is 483 g/mol. The highest BCUT2D eigenvalue weighted by atomic mass is 32.2. The summed E-state index contributed by atoms with van der Waals surface area (Å²) in [6, 6.07) is 5.35. The van der Waals surface area contributed by atoms with Gasteiger partial charge in [-0.15, -0.1) is 0 Å². The third kappa shape index (κ3) is 11.0. The zero-order chi connectivity index (χ0) is 25.2. The number of hydrogen-bond acceptors (Lipinski definition) is 6. The number of carboxylic acid groups (broad SMARTS) is 1. The van der Waals surface area contributed by atoms with Crippen molar-refractivity contribution < 1.29 is 32.9 Å². The summed E-state index contributed by atoms with van der Waals surface area (Å²) in [5, 5.41) is 28.3. The number of aliphatic imine (C=N–C) groups is 2. The summed E-state index contributed by atoms with van der Waals surface area (Å²) < 4.78 is 38.4. The molecular weight excluding hydrogens is 453 g/mol. The molecule has 0 spiro atoms. The first kappa shape index (κ1) is 28.1. The van der Waals surface area contributed by atoms with Crippen LogP contribution in [0.25, 0.3) is 5.70 Å². The Balaban J connectivity index is 3.37. The molecule has 0 heterocycles. The normalized spacial score (nSPS) is 15.4. The molecule has 0 fully saturated rings. The molecule has 0 amide bonds. The number of aliphatic hydroxyl groups excluding tert-OH is 2. The van der Waals surface area contributed by atoms with Crippen molar-refractivity contribution in [2.45, 2.75) is 38.9 Å². The Labute approximate surface area is 193 Å². The lowest BCUT2D eigenvalue weighted by Gasteiger charge is -2.16. The van der Waals surface area contributed by atoms with E-state index in [0.717, 1.165) is 10.6 Å². The van der Waals surface area contributed by atoms with Crippen LogP contribution in [0.5, 0.6) is 0 Å². The molecule has 0 aliphatic carbocycles. The number of aliphatic hydroxyl groups is 2. The van der Waals surface area contributed by atoms with Crippen molar-refractivity contribution >= 4 is 33.9 Å². The fourth-order valence-corrected chi connectivity index (χ4v) is 2.77. The minimum Gasteiger partial charge on any atom is -0.481 e. The molecular formula is C22H30FN3O6S. The Morgan fingerprint density at radius 1 is 1.21 bits per heavy atom. The van der Waals surface area contributed by atoms with E-state index in [4.69, 9.17) is 5.11 Å². The van der Waals surface area contributed by atoms with Crippen LogP contribution in [0.15, 0.2) is 52.5 Å². The third-order valence-corrected chi connectivity index (χ3v) is 5.30. The second-order valence-corrected chi connectivity index (χ2v) is 9.68. The SMILES string of the molecule is CC(C)C=NC(=NC(=CC=CC(O)CC(O)CC(=O)O)c1ccc(F)cc1)N(C)S(C)(=O)=O. The van der Waals surface area contributed by atoms with Crippen molar-refractivity contribution in [2.75, 3.05) is 13.3 Å². The number of halogens is 1. The van der Waals surface area contributed by atoms with Gasteiger partial charge in [0, 0.05) is 25.2 Å². The summed E-state index contributed by atoms with van der Waals surface area (Å²) in [4.78, 5) is 19.2. The van der Waals surface area contributed by atoms with Gasteiger partial charge in [-0.25, -0.2) is 27.1 Å². The number of carboxylic acids is 1. The molecule has 3 N–H and O–H groups in total. The average molecular weight is 484 g/mol. The number of carbonyl (C=O) groups is 1. The van der Waals surface area contributed by atoms with Crippen LogP contribution in [-0.4, -0.2) is 71.7 Å². The standard InChI is InChI=1S/C22H30FN3O6S/c1-15(2)14-24-22(26(3)33(4,31)32)25-20(16-8-10-17(23)11-9-16)7-5-6-18(27)12-19(28)13-21(29)30/h5-11,14-15,18-19,27-28H,12-13H2,1-4H3,(H,29,30). The Bertz CT molecular complexity index is 1020. The predicted molar refractivity (Wildman–Crippen MR) is 126 cm³/mol. The summed E-state index contributed by atoms with van der Waals surface area (Å²) in [6.45, 7) is 3.72. The number of benzene rings is 1. The Morgan fingerprint density at radius 3 is 2.33 bits per heavy atom. The molecule has 0 aliphatic heterocycles. The number of nitrogens with zero attached hydrogens (tertiary/aromatic N) is 3. The molecule has 11 heteroatoms. The van der Waals surface area contributed by atoms with Gasteiger partial charge in [0.25, 0.3) is 0 Å². The average Bonchev–Trinajstić information content (AvgIpc) is 2.68. The molecule has 0 aliphatic rings. The minimum absolute atomic E-state index is 0.0219. The lowest BCUT2D eigenvalue weighted by Crippen LogP contribution is -2.31. The molecule has 1 aromatic carbocycles. The number of aliphatic carboxylic acids is 1. The van der Waals surface area contributed by atoms with Gasteiger partial charge in [-0.05, 0) is 36.3 Å². The van der Waals surface area contributed by atoms with E-state index in [0.29, 0.717) is 5.56 Å². The number of guanidine groups is 1. The maximum Gasteiger partial charge on any atom is 0.305 e. The Morgan fingerprint density at radius 2 is 1.82 bits per heavy atom. The summed E-state index contributed by atoms with van der Waals surface area (Å²) in [5.41, 5.74) is 0.691. The zero-order valence-electron chi connectivity index (χ0n) is 19.0. The van der Waals surface area contributed by atoms with Crippen LogP contribution in [0.4, 0.5) is 4.39 Å². The van der Waals surface area contributed by atoms with Gasteiger partial charge in [0.1, 0.15) is 5.82 Å². The van der Waals surface area contributed by atoms with E-state index in [9.17, 15) is 27.8 Å². The number of hydrogen-bond donors (Lipinski definition) is 3. The van der Waals surface area contributed by atoms with Gasteiger partial charge in [0.05, 0.1) is 30.6 Å². The molecule has 2 unspecified atom stereocenters. The second kappa shape index (κ2) is 13.0. The molecule has 182 valence electrons. The van der Waals surface area contributed by atoms with Crippen molar-refractivity contribution in [3.8, 4) is 0 Å². The first-order valence-electron chi connectivity index (χ1n) is 10.1. The topological polar surface area (TPSA) is 140 Å². The highest BCUT2D eigenvalue weighted by Crippen LogP contribution is 2.19. The van der Waals surface area contributed by atoms with Crippen LogP contribution in [0.3, 0.4) is 0 Å². The Hall–Kier alpha value is -2.89. The van der Waals surface area contributed by atoms with Crippen molar-refractivity contribution in [2.24, 2.45) is 15.9 Å². The fourth-order valence-electron chi connectivity index (χ4n) is 2.39. The van der Waals surface area contributed by atoms with Crippen molar-refractivity contribution in [3.05, 3.63) is 53.9 Å². The highest BCUT2D eigenvalue weighted by Gasteiger charge is 2.17. The minimum atomic E-state index is -3.67. The van der Waals surface area contributed by atoms with E-state index in [2.05, 4.69) is 9.98 Å². The third-order valence-electron chi connectivity index (χ3n) is 4.14. The quantitative estimate of drug-likeness (QED) is 0.265. The van der Waals surface area contributed by atoms with Crippen LogP contribution < -0.4 is 0 Å². The molecule has 2 atom stereocenters. The smallest absolute Gasteiger partial charge is 0.305 e. The summed E-state index contributed by atoms with van der Waals surface area (Å²) in [7, 11) is -2.37. The highest BCUT2D eigenvalue weighted by molar-refractivity contribution is 7.88. The maximum atomic E-state index is 13.4. The fraction of sp³-hybridized carbons (Fsp3) is 0.409. The molecule has 33 heavy (non-hydrogen) atoms. The second-order valence-electron chi connectivity index (χ2n) is 7.66. The molecule has 0 aromatic heterocycles. The molecule has 0 radical (unpaired) electrons. The van der Waals surface area contributed by atoms with E-state index in [-0.39, 0.29) is 24.0 Å². The summed E-state index contributed by atoms with van der Waals surface area (Å²) in [6.07, 6.45) is 3.70. The van der Waals surface area contributed by atoms with Gasteiger partial charge in [-0.1, -0.05) is 26.0 Å². The number of rotatable bonds is 10. The van der Waals surface area contributed by atoms with Crippen molar-refractivity contribution in [3.63, 3.8) is 0 Å². The maximum absolute atomic E-state index is 13.4. The lowest BCUT2D eigenvalue weighted by molar-refractivity contribution is -0.139. The van der Waals surface area contributed by atoms with Gasteiger partial charge in [-0.3, -0.25) is 4.79 Å². The number of allylic oxidation sites excluding steroid dienone is 2. The van der Waals surface area contributed by atoms with Crippen LogP contribution in [-0.2, 0) is 14.8 Å². The number of sulfonamides is 1. The summed E-state index contributed by atoms with van der Waals surface area (Å²) in [5.74, 6) is -1.75. The van der Waals surface area contributed by atoms with Gasteiger partial charge in [0.2, 0.25) is 16.0 Å². The van der Waals surface area contributed by atoms with Crippen LogP contribution >= 0.6 is 0 Å². The molecule has 1 rings (SSSR count). The first-order valence-corrected chi connectivity index (χ1v) is 11.9. The summed E-state index contributed by atoms with van der Waals surface area (Å²) >= 11 is 0. The zero-order valence-corrected chi connectivity index (χ0v) is 19.8. The molecule has 1 aromatic rings. The molecule has 0 bridgehead atoms. The van der Waals surface area contributed by atoms with Gasteiger partial charge in [-0.2, -0.15) is 0 Å². The van der Waals surface area contributed by atoms with E-state index in [1.165, 1.54) is 55.8 Å². The van der Waals surface area contributed by atoms with E-state index in [1.54, 1.807) is 0 Å². The molecule has 9 nitrogen and oxygen atoms in total. The predicted octanol–water partition coefficient (Wildman–Crippen LogP) is 2.28. The van der Waals surface area contributed by atoms with Crippen LogP contribution in [0, 0.1) is 11.7 Å². The van der Waals surface area contributed by atoms with Crippen molar-refractivity contribution in [1.82, 2.24) is 4.31 Å². The van der Waals surface area contributed by atoms with Gasteiger partial charge >= 0.3 is 5.97 Å².